The van der Waals surface area contributed by atoms with Crippen LogP contribution >= 0.6 is 11.8 Å². The van der Waals surface area contributed by atoms with E-state index in [0.717, 1.165) is 28.2 Å². The molecule has 0 atom stereocenters. The van der Waals surface area contributed by atoms with Crippen molar-refractivity contribution >= 4 is 34.4 Å². The first-order valence-electron chi connectivity index (χ1n) is 8.06. The molecule has 0 saturated heterocycles. The van der Waals surface area contributed by atoms with Crippen molar-refractivity contribution in [3.05, 3.63) is 48.3 Å². The van der Waals surface area contributed by atoms with E-state index in [1.54, 1.807) is 11.8 Å². The predicted octanol–water partition coefficient (Wildman–Crippen LogP) is 3.56. The number of aryl methyl sites for hydroxylation is 1. The zero-order valence-corrected chi connectivity index (χ0v) is 15.7. The maximum atomic E-state index is 12.0. The van der Waals surface area contributed by atoms with Crippen LogP contribution in [0.2, 0.25) is 0 Å². The number of likely N-dealkylation sites (N-methyl/N-ethyl adjacent to an activating group) is 1. The SMILES string of the molecule is CSc1ccc(-n2c(C)nc3ccc(NC(=O)CN(C)C)cc32)cc1. The van der Waals surface area contributed by atoms with Gasteiger partial charge in [0, 0.05) is 16.3 Å². The Hall–Kier alpha value is -2.31. The molecule has 6 heteroatoms. The fourth-order valence-electron chi connectivity index (χ4n) is 2.82. The number of amides is 1. The zero-order valence-electron chi connectivity index (χ0n) is 14.9. The highest BCUT2D eigenvalue weighted by Crippen LogP contribution is 2.25. The number of anilines is 1. The lowest BCUT2D eigenvalue weighted by Gasteiger charge is -2.11. The summed E-state index contributed by atoms with van der Waals surface area (Å²) in [7, 11) is 3.75. The Balaban J connectivity index is 1.99. The number of nitrogens with one attached hydrogen (secondary N) is 1. The van der Waals surface area contributed by atoms with Gasteiger partial charge in [0.25, 0.3) is 0 Å². The molecule has 0 spiro atoms. The summed E-state index contributed by atoms with van der Waals surface area (Å²) in [6.45, 7) is 2.35. The molecule has 3 aromatic rings. The Morgan fingerprint density at radius 2 is 1.92 bits per heavy atom. The molecule has 5 nitrogen and oxygen atoms in total. The monoisotopic (exact) mass is 354 g/mol. The van der Waals surface area contributed by atoms with Gasteiger partial charge in [0.05, 0.1) is 17.6 Å². The Labute approximate surface area is 152 Å². The van der Waals surface area contributed by atoms with Gasteiger partial charge in [-0.15, -0.1) is 11.8 Å². The molecule has 130 valence electrons. The van der Waals surface area contributed by atoms with Crippen LogP contribution in [-0.2, 0) is 4.79 Å². The summed E-state index contributed by atoms with van der Waals surface area (Å²) >= 11 is 1.72. The molecule has 0 saturated carbocycles. The molecular formula is C19H22N4OS. The number of thioether (sulfide) groups is 1. The van der Waals surface area contributed by atoms with E-state index in [1.165, 1.54) is 4.90 Å². The Morgan fingerprint density at radius 3 is 2.56 bits per heavy atom. The number of hydrogen-bond acceptors (Lipinski definition) is 4. The van der Waals surface area contributed by atoms with E-state index in [4.69, 9.17) is 0 Å². The van der Waals surface area contributed by atoms with Crippen LogP contribution in [0.1, 0.15) is 5.82 Å². The van der Waals surface area contributed by atoms with Crippen molar-refractivity contribution < 1.29 is 4.79 Å². The summed E-state index contributed by atoms with van der Waals surface area (Å²) in [4.78, 5) is 19.7. The third-order valence-electron chi connectivity index (χ3n) is 3.90. The molecular weight excluding hydrogens is 332 g/mol. The quantitative estimate of drug-likeness (QED) is 0.712. The van der Waals surface area contributed by atoms with Gasteiger partial charge in [-0.2, -0.15) is 0 Å². The maximum absolute atomic E-state index is 12.0. The molecule has 1 aromatic heterocycles. The van der Waals surface area contributed by atoms with Crippen molar-refractivity contribution in [3.8, 4) is 5.69 Å². The van der Waals surface area contributed by atoms with Crippen LogP contribution in [0, 0.1) is 6.92 Å². The third kappa shape index (κ3) is 3.86. The lowest BCUT2D eigenvalue weighted by molar-refractivity contribution is -0.116. The molecule has 0 aliphatic carbocycles. The summed E-state index contributed by atoms with van der Waals surface area (Å²) in [6, 6.07) is 14.2. The fraction of sp³-hybridized carbons (Fsp3) is 0.263. The molecule has 1 heterocycles. The second kappa shape index (κ2) is 7.29. The Bertz CT molecular complexity index is 900. The Morgan fingerprint density at radius 1 is 1.20 bits per heavy atom. The number of carbonyl (C=O) groups is 1. The number of imidazole rings is 1. The Kier molecular flexibility index (Phi) is 5.11. The van der Waals surface area contributed by atoms with Crippen LogP contribution in [0.5, 0.6) is 0 Å². The molecule has 0 aliphatic rings. The first-order valence-corrected chi connectivity index (χ1v) is 9.28. The van der Waals surface area contributed by atoms with Gasteiger partial charge in [0.1, 0.15) is 5.82 Å². The number of benzene rings is 2. The number of fused-ring (bicyclic) bond motifs is 1. The summed E-state index contributed by atoms with van der Waals surface area (Å²) in [6.07, 6.45) is 2.07. The van der Waals surface area contributed by atoms with Crippen molar-refractivity contribution in [2.24, 2.45) is 0 Å². The lowest BCUT2D eigenvalue weighted by atomic mass is 10.2. The molecule has 1 amide bonds. The van der Waals surface area contributed by atoms with E-state index in [1.807, 2.05) is 44.1 Å². The van der Waals surface area contributed by atoms with Crippen molar-refractivity contribution in [1.82, 2.24) is 14.5 Å². The van der Waals surface area contributed by atoms with Crippen LogP contribution in [-0.4, -0.2) is 47.3 Å². The van der Waals surface area contributed by atoms with Gasteiger partial charge < -0.3 is 10.2 Å². The van der Waals surface area contributed by atoms with Gasteiger partial charge in [-0.05, 0) is 69.7 Å². The van der Waals surface area contributed by atoms with Gasteiger partial charge in [-0.3, -0.25) is 9.36 Å². The van der Waals surface area contributed by atoms with Gasteiger partial charge in [-0.25, -0.2) is 4.98 Å². The summed E-state index contributed by atoms with van der Waals surface area (Å²) in [5.74, 6) is 0.889. The maximum Gasteiger partial charge on any atom is 0.238 e. The minimum absolute atomic E-state index is 0.0311. The minimum atomic E-state index is -0.0311. The number of aromatic nitrogens is 2. The van der Waals surface area contributed by atoms with E-state index >= 15 is 0 Å². The van der Waals surface area contributed by atoms with Gasteiger partial charge in [0.2, 0.25) is 5.91 Å². The van der Waals surface area contributed by atoms with E-state index in [-0.39, 0.29) is 5.91 Å². The number of carbonyl (C=O) groups excluding carboxylic acids is 1. The lowest BCUT2D eigenvalue weighted by Crippen LogP contribution is -2.27. The van der Waals surface area contributed by atoms with E-state index in [0.29, 0.717) is 6.54 Å². The number of hydrogen-bond donors (Lipinski definition) is 1. The minimum Gasteiger partial charge on any atom is -0.325 e. The molecule has 1 N–H and O–H groups in total. The first kappa shape index (κ1) is 17.5. The fourth-order valence-corrected chi connectivity index (χ4v) is 3.23. The summed E-state index contributed by atoms with van der Waals surface area (Å²) in [5, 5.41) is 2.95. The molecule has 0 bridgehead atoms. The van der Waals surface area contributed by atoms with Crippen LogP contribution in [0.3, 0.4) is 0 Å². The second-order valence-corrected chi connectivity index (χ2v) is 7.06. The van der Waals surface area contributed by atoms with Gasteiger partial charge >= 0.3 is 0 Å². The van der Waals surface area contributed by atoms with Crippen molar-refractivity contribution in [2.75, 3.05) is 32.2 Å². The summed E-state index contributed by atoms with van der Waals surface area (Å²) in [5.41, 5.74) is 3.74. The first-order chi connectivity index (χ1) is 12.0. The summed E-state index contributed by atoms with van der Waals surface area (Å²) < 4.78 is 2.11. The molecule has 0 aliphatic heterocycles. The zero-order chi connectivity index (χ0) is 18.0. The molecule has 3 rings (SSSR count). The topological polar surface area (TPSA) is 50.2 Å². The average molecular weight is 354 g/mol. The highest BCUT2D eigenvalue weighted by Gasteiger charge is 2.11. The molecule has 0 unspecified atom stereocenters. The smallest absolute Gasteiger partial charge is 0.238 e. The van der Waals surface area contributed by atoms with Crippen LogP contribution < -0.4 is 5.32 Å². The largest absolute Gasteiger partial charge is 0.325 e. The van der Waals surface area contributed by atoms with E-state index in [2.05, 4.69) is 45.4 Å². The normalized spacial score (nSPS) is 11.2. The molecule has 0 radical (unpaired) electrons. The van der Waals surface area contributed by atoms with Gasteiger partial charge in [0.15, 0.2) is 0 Å². The number of rotatable bonds is 5. The average Bonchev–Trinajstić information content (AvgIpc) is 2.89. The van der Waals surface area contributed by atoms with E-state index in [9.17, 15) is 4.79 Å². The molecule has 2 aromatic carbocycles. The second-order valence-electron chi connectivity index (χ2n) is 6.18. The number of nitrogens with zero attached hydrogens (tertiary/aromatic N) is 3. The van der Waals surface area contributed by atoms with Crippen molar-refractivity contribution in [1.29, 1.82) is 0 Å². The molecule has 0 fully saturated rings. The third-order valence-corrected chi connectivity index (χ3v) is 4.64. The van der Waals surface area contributed by atoms with Crippen molar-refractivity contribution in [2.45, 2.75) is 11.8 Å². The van der Waals surface area contributed by atoms with Crippen molar-refractivity contribution in [3.63, 3.8) is 0 Å². The van der Waals surface area contributed by atoms with Crippen LogP contribution in [0.4, 0.5) is 5.69 Å². The highest BCUT2D eigenvalue weighted by molar-refractivity contribution is 7.98. The van der Waals surface area contributed by atoms with E-state index < -0.39 is 0 Å². The molecule has 25 heavy (non-hydrogen) atoms. The predicted molar refractivity (Wildman–Crippen MR) is 105 cm³/mol. The highest BCUT2D eigenvalue weighted by atomic mass is 32.2. The van der Waals surface area contributed by atoms with Crippen LogP contribution in [0.15, 0.2) is 47.4 Å². The van der Waals surface area contributed by atoms with Gasteiger partial charge in [-0.1, -0.05) is 0 Å². The standard InChI is InChI=1S/C19H22N4OS/c1-13-20-17-10-5-14(21-19(24)12-22(2)3)11-18(17)23(13)15-6-8-16(25-4)9-7-15/h5-11H,12H2,1-4H3,(H,21,24). The van der Waals surface area contributed by atoms with Crippen LogP contribution in [0.25, 0.3) is 16.7 Å².